The molecule has 1 aliphatic rings. The summed E-state index contributed by atoms with van der Waals surface area (Å²) in [5.74, 6) is 0.523. The number of hydrogen-bond donors (Lipinski definition) is 3. The van der Waals surface area contributed by atoms with Crippen molar-refractivity contribution in [2.75, 3.05) is 23.3 Å². The van der Waals surface area contributed by atoms with Crippen LogP contribution in [0.2, 0.25) is 0 Å². The second kappa shape index (κ2) is 8.21. The Morgan fingerprint density at radius 3 is 2.68 bits per heavy atom. The number of hydrogen-bond acceptors (Lipinski definition) is 5. The average molecular weight is 426 g/mol. The van der Waals surface area contributed by atoms with Crippen LogP contribution in [0.5, 0.6) is 0 Å². The zero-order valence-corrected chi connectivity index (χ0v) is 17.4. The highest BCUT2D eigenvalue weighted by Crippen LogP contribution is 2.33. The maximum absolute atomic E-state index is 13.6. The number of anilines is 2. The number of aryl methyl sites for hydroxylation is 1. The van der Waals surface area contributed by atoms with E-state index in [-0.39, 0.29) is 23.7 Å². The van der Waals surface area contributed by atoms with Crippen molar-refractivity contribution in [3.05, 3.63) is 47.7 Å². The molecule has 4 rings (SSSR count). The SMILES string of the molecule is Cc1c(C(NC(=O)Nc2cnc(N3CCNC3=O)nc2)C(C)C)oc2ccc(F)cc12. The Morgan fingerprint density at radius 2 is 2.03 bits per heavy atom. The standard InChI is InChI=1S/C21H23FN6O3/c1-11(2)17(18-12(3)15-8-13(22)4-5-16(15)31-18)27-20(29)26-14-9-24-19(25-10-14)28-7-6-23-21(28)30/h4-5,8-11,17H,6-7H2,1-3H3,(H,23,30)(H2,26,27,29). The summed E-state index contributed by atoms with van der Waals surface area (Å²) in [6, 6.07) is 3.21. The quantitative estimate of drug-likeness (QED) is 0.576. The first kappa shape index (κ1) is 20.6. The molecule has 1 unspecified atom stereocenters. The number of furan rings is 1. The maximum atomic E-state index is 13.6. The number of urea groups is 2. The molecule has 1 atom stereocenters. The molecular weight excluding hydrogens is 403 g/mol. The predicted molar refractivity (Wildman–Crippen MR) is 113 cm³/mol. The summed E-state index contributed by atoms with van der Waals surface area (Å²) in [6.45, 7) is 6.78. The summed E-state index contributed by atoms with van der Waals surface area (Å²) in [5, 5.41) is 8.96. The number of benzene rings is 1. The summed E-state index contributed by atoms with van der Waals surface area (Å²) in [7, 11) is 0. The van der Waals surface area contributed by atoms with Crippen molar-refractivity contribution in [2.45, 2.75) is 26.8 Å². The van der Waals surface area contributed by atoms with Crippen LogP contribution in [0.25, 0.3) is 11.0 Å². The molecule has 0 spiro atoms. The third-order valence-corrected chi connectivity index (χ3v) is 5.17. The number of aromatic nitrogens is 2. The summed E-state index contributed by atoms with van der Waals surface area (Å²) < 4.78 is 19.6. The Balaban J connectivity index is 1.48. The molecule has 9 nitrogen and oxygen atoms in total. The van der Waals surface area contributed by atoms with Crippen molar-refractivity contribution in [3.63, 3.8) is 0 Å². The molecule has 3 aromatic rings. The molecule has 0 aliphatic carbocycles. The van der Waals surface area contributed by atoms with E-state index in [1.54, 1.807) is 6.07 Å². The van der Waals surface area contributed by atoms with E-state index in [2.05, 4.69) is 25.9 Å². The van der Waals surface area contributed by atoms with Gasteiger partial charge in [0.15, 0.2) is 0 Å². The van der Waals surface area contributed by atoms with Gasteiger partial charge in [-0.1, -0.05) is 13.8 Å². The van der Waals surface area contributed by atoms with Crippen molar-refractivity contribution in [1.82, 2.24) is 20.6 Å². The lowest BCUT2D eigenvalue weighted by molar-refractivity contribution is 0.241. The van der Waals surface area contributed by atoms with Crippen LogP contribution in [-0.2, 0) is 0 Å². The maximum Gasteiger partial charge on any atom is 0.324 e. The normalized spacial score (nSPS) is 14.7. The monoisotopic (exact) mass is 426 g/mol. The Labute approximate surface area is 178 Å². The van der Waals surface area contributed by atoms with Crippen molar-refractivity contribution >= 4 is 34.7 Å². The first-order valence-corrected chi connectivity index (χ1v) is 9.97. The fourth-order valence-electron chi connectivity index (χ4n) is 3.54. The van der Waals surface area contributed by atoms with Gasteiger partial charge in [0.2, 0.25) is 5.95 Å². The molecule has 10 heteroatoms. The highest BCUT2D eigenvalue weighted by molar-refractivity contribution is 5.92. The molecule has 1 aliphatic heterocycles. The van der Waals surface area contributed by atoms with Gasteiger partial charge in [0.1, 0.15) is 17.2 Å². The Morgan fingerprint density at radius 1 is 1.29 bits per heavy atom. The lowest BCUT2D eigenvalue weighted by Gasteiger charge is -2.21. The van der Waals surface area contributed by atoms with Gasteiger partial charge in [-0.25, -0.2) is 23.9 Å². The van der Waals surface area contributed by atoms with E-state index < -0.39 is 12.1 Å². The van der Waals surface area contributed by atoms with E-state index in [0.29, 0.717) is 35.5 Å². The van der Waals surface area contributed by atoms with Gasteiger partial charge < -0.3 is 20.4 Å². The predicted octanol–water partition coefficient (Wildman–Crippen LogP) is 3.72. The Hall–Kier alpha value is -3.69. The van der Waals surface area contributed by atoms with E-state index in [1.165, 1.54) is 29.4 Å². The number of nitrogens with zero attached hydrogens (tertiary/aromatic N) is 3. The van der Waals surface area contributed by atoms with Crippen LogP contribution in [0.4, 0.5) is 25.6 Å². The molecule has 1 fully saturated rings. The van der Waals surface area contributed by atoms with E-state index in [4.69, 9.17) is 4.42 Å². The molecule has 1 aromatic carbocycles. The summed E-state index contributed by atoms with van der Waals surface area (Å²) in [4.78, 5) is 34.0. The number of carbonyl (C=O) groups is 2. The Kier molecular flexibility index (Phi) is 5.45. The largest absolute Gasteiger partial charge is 0.459 e. The van der Waals surface area contributed by atoms with Gasteiger partial charge in [-0.15, -0.1) is 0 Å². The van der Waals surface area contributed by atoms with Crippen LogP contribution in [-0.4, -0.2) is 35.1 Å². The second-order valence-corrected chi connectivity index (χ2v) is 7.71. The van der Waals surface area contributed by atoms with Crippen molar-refractivity contribution in [2.24, 2.45) is 5.92 Å². The topological polar surface area (TPSA) is 112 Å². The molecule has 3 N–H and O–H groups in total. The smallest absolute Gasteiger partial charge is 0.324 e. The van der Waals surface area contributed by atoms with Crippen LogP contribution in [0.3, 0.4) is 0 Å². The highest BCUT2D eigenvalue weighted by atomic mass is 19.1. The minimum atomic E-state index is -0.458. The third-order valence-electron chi connectivity index (χ3n) is 5.17. The van der Waals surface area contributed by atoms with Crippen LogP contribution < -0.4 is 20.9 Å². The minimum Gasteiger partial charge on any atom is -0.459 e. The van der Waals surface area contributed by atoms with Gasteiger partial charge >= 0.3 is 12.1 Å². The molecule has 2 aromatic heterocycles. The third kappa shape index (κ3) is 4.14. The van der Waals surface area contributed by atoms with Crippen molar-refractivity contribution in [3.8, 4) is 0 Å². The molecular formula is C21H23FN6O3. The first-order valence-electron chi connectivity index (χ1n) is 9.97. The van der Waals surface area contributed by atoms with E-state index in [1.807, 2.05) is 20.8 Å². The molecule has 1 saturated heterocycles. The fourth-order valence-corrected chi connectivity index (χ4v) is 3.54. The molecule has 0 saturated carbocycles. The lowest BCUT2D eigenvalue weighted by Crippen LogP contribution is -2.35. The fraction of sp³-hybridized carbons (Fsp3) is 0.333. The number of fused-ring (bicyclic) bond motifs is 1. The van der Waals surface area contributed by atoms with Crippen molar-refractivity contribution < 1.29 is 18.4 Å². The Bertz CT molecular complexity index is 1130. The van der Waals surface area contributed by atoms with Crippen LogP contribution >= 0.6 is 0 Å². The number of nitrogens with one attached hydrogen (secondary N) is 3. The van der Waals surface area contributed by atoms with Gasteiger partial charge in [-0.2, -0.15) is 0 Å². The van der Waals surface area contributed by atoms with Gasteiger partial charge in [0.25, 0.3) is 0 Å². The number of halogens is 1. The summed E-state index contributed by atoms with van der Waals surface area (Å²) >= 11 is 0. The molecule has 162 valence electrons. The molecule has 31 heavy (non-hydrogen) atoms. The molecule has 4 amide bonds. The van der Waals surface area contributed by atoms with Gasteiger partial charge in [-0.05, 0) is 31.0 Å². The average Bonchev–Trinajstić information content (AvgIpc) is 3.30. The molecule has 0 radical (unpaired) electrons. The zero-order valence-electron chi connectivity index (χ0n) is 17.4. The van der Waals surface area contributed by atoms with E-state index in [9.17, 15) is 14.0 Å². The number of carbonyl (C=O) groups excluding carboxylic acids is 2. The van der Waals surface area contributed by atoms with Crippen LogP contribution in [0, 0.1) is 18.7 Å². The molecule has 0 bridgehead atoms. The van der Waals surface area contributed by atoms with E-state index >= 15 is 0 Å². The number of rotatable bonds is 5. The van der Waals surface area contributed by atoms with Crippen LogP contribution in [0.1, 0.15) is 31.2 Å². The van der Waals surface area contributed by atoms with E-state index in [0.717, 1.165) is 5.56 Å². The van der Waals surface area contributed by atoms with Gasteiger partial charge in [-0.3, -0.25) is 4.90 Å². The minimum absolute atomic E-state index is 0.0159. The van der Waals surface area contributed by atoms with Crippen molar-refractivity contribution in [1.29, 1.82) is 0 Å². The van der Waals surface area contributed by atoms with Gasteiger partial charge in [0, 0.05) is 24.0 Å². The summed E-state index contributed by atoms with van der Waals surface area (Å²) in [5.41, 5.74) is 1.73. The second-order valence-electron chi connectivity index (χ2n) is 7.71. The zero-order chi connectivity index (χ0) is 22.1. The first-order chi connectivity index (χ1) is 14.8. The van der Waals surface area contributed by atoms with Gasteiger partial charge in [0.05, 0.1) is 24.1 Å². The highest BCUT2D eigenvalue weighted by Gasteiger charge is 2.26. The lowest BCUT2D eigenvalue weighted by atomic mass is 9.98. The summed E-state index contributed by atoms with van der Waals surface area (Å²) in [6.07, 6.45) is 2.88. The molecule has 3 heterocycles. The van der Waals surface area contributed by atoms with Crippen LogP contribution in [0.15, 0.2) is 35.0 Å². The number of amides is 4.